The summed E-state index contributed by atoms with van der Waals surface area (Å²) in [6.07, 6.45) is 0. The molecule has 0 aliphatic heterocycles. The van der Waals surface area contributed by atoms with Gasteiger partial charge in [-0.15, -0.1) is 0 Å². The molecule has 0 aromatic rings. The van der Waals surface area contributed by atoms with Crippen molar-refractivity contribution in [2.75, 3.05) is 39.6 Å². The van der Waals surface area contributed by atoms with Crippen LogP contribution >= 0.6 is 7.75 Å². The van der Waals surface area contributed by atoms with E-state index >= 15 is 0 Å². The van der Waals surface area contributed by atoms with E-state index in [2.05, 4.69) is 0 Å². The predicted molar refractivity (Wildman–Crippen MR) is 69.5 cm³/mol. The first-order chi connectivity index (χ1) is 7.99. The van der Waals surface area contributed by atoms with E-state index in [1.165, 1.54) is 0 Å². The largest absolute Gasteiger partial charge is 0.405 e. The average molecular weight is 267 g/mol. The molecule has 0 radical (unpaired) electrons. The van der Waals surface area contributed by atoms with Crippen LogP contribution in [0.2, 0.25) is 0 Å². The lowest BCUT2D eigenvalue weighted by Crippen LogP contribution is -2.28. The number of nitrogens with two attached hydrogens (primary N) is 1. The Hall–Kier alpha value is 0.0300. The molecule has 0 bridgehead atoms. The summed E-state index contributed by atoms with van der Waals surface area (Å²) in [5.74, 6) is 0. The Morgan fingerprint density at radius 1 is 0.882 bits per heavy atom. The maximum atomic E-state index is 11.8. The van der Waals surface area contributed by atoms with Crippen LogP contribution in [0.4, 0.5) is 0 Å². The molecule has 0 rings (SSSR count). The van der Waals surface area contributed by atoms with Crippen molar-refractivity contribution in [3.63, 3.8) is 0 Å². The van der Waals surface area contributed by atoms with Crippen molar-refractivity contribution in [1.29, 1.82) is 0 Å². The van der Waals surface area contributed by atoms with Gasteiger partial charge in [-0.25, -0.2) is 10.1 Å². The van der Waals surface area contributed by atoms with E-state index in [0.717, 1.165) is 26.2 Å². The molecule has 0 heterocycles. The van der Waals surface area contributed by atoms with E-state index in [-0.39, 0.29) is 13.5 Å². The standard InChI is InChI=1S/C10H26N3O3P/c1-5-12(6-2)9-15-17(11,14)16-10-13(7-3)8-4/h5-10H2,1-4H3,(H2,11,14). The SMILES string of the molecule is CCN(CC)COP(N)(=O)OCN(CC)CC. The molecule has 7 heteroatoms. The Morgan fingerprint density at radius 3 is 1.41 bits per heavy atom. The van der Waals surface area contributed by atoms with Gasteiger partial charge in [0.25, 0.3) is 0 Å². The molecule has 0 aliphatic carbocycles. The second kappa shape index (κ2) is 9.03. The van der Waals surface area contributed by atoms with Crippen LogP contribution in [0.15, 0.2) is 0 Å². The molecule has 2 N–H and O–H groups in total. The summed E-state index contributed by atoms with van der Waals surface area (Å²) < 4.78 is 22.0. The zero-order chi connectivity index (χ0) is 13.3. The summed E-state index contributed by atoms with van der Waals surface area (Å²) in [5.41, 5.74) is 5.49. The van der Waals surface area contributed by atoms with Crippen molar-refractivity contribution in [2.45, 2.75) is 27.7 Å². The molecule has 0 aromatic heterocycles. The maximum absolute atomic E-state index is 11.8. The minimum Gasteiger partial charge on any atom is -0.281 e. The highest BCUT2D eigenvalue weighted by Gasteiger charge is 2.20. The van der Waals surface area contributed by atoms with Gasteiger partial charge in [-0.2, -0.15) is 0 Å². The van der Waals surface area contributed by atoms with Crippen LogP contribution in [0, 0.1) is 0 Å². The van der Waals surface area contributed by atoms with Crippen molar-refractivity contribution in [1.82, 2.24) is 9.80 Å². The highest BCUT2D eigenvalue weighted by molar-refractivity contribution is 7.51. The fourth-order valence-electron chi connectivity index (χ4n) is 1.17. The number of rotatable bonds is 10. The molecule has 0 saturated heterocycles. The Bertz CT molecular complexity index is 213. The quantitative estimate of drug-likeness (QED) is 0.480. The van der Waals surface area contributed by atoms with Crippen LogP contribution in [0.1, 0.15) is 27.7 Å². The lowest BCUT2D eigenvalue weighted by Gasteiger charge is -2.23. The molecular formula is C10H26N3O3P. The van der Waals surface area contributed by atoms with Gasteiger partial charge in [-0.3, -0.25) is 18.8 Å². The normalized spacial score (nSPS) is 12.6. The minimum atomic E-state index is -3.44. The van der Waals surface area contributed by atoms with Gasteiger partial charge >= 0.3 is 7.75 Å². The summed E-state index contributed by atoms with van der Waals surface area (Å²) >= 11 is 0. The summed E-state index contributed by atoms with van der Waals surface area (Å²) in [6.45, 7) is 11.8. The first-order valence-electron chi connectivity index (χ1n) is 6.11. The molecule has 0 aromatic carbocycles. The summed E-state index contributed by atoms with van der Waals surface area (Å²) in [5, 5.41) is 0. The molecule has 0 spiro atoms. The fraction of sp³-hybridized carbons (Fsp3) is 1.00. The Labute approximate surface area is 105 Å². The first-order valence-corrected chi connectivity index (χ1v) is 7.72. The second-order valence-electron chi connectivity index (χ2n) is 3.66. The van der Waals surface area contributed by atoms with E-state index in [4.69, 9.17) is 14.6 Å². The fourth-order valence-corrected chi connectivity index (χ4v) is 1.90. The van der Waals surface area contributed by atoms with Crippen LogP contribution in [0.5, 0.6) is 0 Å². The van der Waals surface area contributed by atoms with E-state index in [9.17, 15) is 4.57 Å². The average Bonchev–Trinajstić information content (AvgIpc) is 2.31. The third-order valence-corrected chi connectivity index (χ3v) is 3.58. The molecule has 0 atom stereocenters. The third-order valence-electron chi connectivity index (χ3n) is 2.63. The molecule has 0 aliphatic rings. The van der Waals surface area contributed by atoms with Gasteiger partial charge in [0, 0.05) is 0 Å². The molecule has 0 fully saturated rings. The molecule has 0 unspecified atom stereocenters. The van der Waals surface area contributed by atoms with E-state index in [0.29, 0.717) is 0 Å². The number of hydrogen-bond donors (Lipinski definition) is 1. The Kier molecular flexibility index (Phi) is 9.04. The summed E-state index contributed by atoms with van der Waals surface area (Å²) in [7, 11) is -3.44. The van der Waals surface area contributed by atoms with E-state index < -0.39 is 7.75 Å². The maximum Gasteiger partial charge on any atom is 0.405 e. The zero-order valence-electron chi connectivity index (χ0n) is 11.4. The number of hydrogen-bond acceptors (Lipinski definition) is 5. The van der Waals surface area contributed by atoms with Crippen LogP contribution in [-0.2, 0) is 13.6 Å². The van der Waals surface area contributed by atoms with Crippen LogP contribution in [0.3, 0.4) is 0 Å². The predicted octanol–water partition coefficient (Wildman–Crippen LogP) is 1.68. The van der Waals surface area contributed by atoms with Gasteiger partial charge in [0.05, 0.1) is 0 Å². The van der Waals surface area contributed by atoms with E-state index in [1.54, 1.807) is 0 Å². The van der Waals surface area contributed by atoms with Crippen LogP contribution < -0.4 is 5.50 Å². The van der Waals surface area contributed by atoms with Crippen molar-refractivity contribution < 1.29 is 13.6 Å². The van der Waals surface area contributed by atoms with Gasteiger partial charge in [0.2, 0.25) is 0 Å². The highest BCUT2D eigenvalue weighted by atomic mass is 31.2. The van der Waals surface area contributed by atoms with Crippen molar-refractivity contribution >= 4 is 7.75 Å². The first kappa shape index (κ1) is 17.0. The zero-order valence-corrected chi connectivity index (χ0v) is 12.3. The van der Waals surface area contributed by atoms with Gasteiger partial charge in [0.1, 0.15) is 13.5 Å². The highest BCUT2D eigenvalue weighted by Crippen LogP contribution is 2.38. The molecule has 0 saturated carbocycles. The third kappa shape index (κ3) is 7.86. The lowest BCUT2D eigenvalue weighted by molar-refractivity contribution is 0.0777. The van der Waals surface area contributed by atoms with Crippen LogP contribution in [-0.4, -0.2) is 49.4 Å². The van der Waals surface area contributed by atoms with Gasteiger partial charge in [0.15, 0.2) is 0 Å². The number of nitrogens with zero attached hydrogens (tertiary/aromatic N) is 2. The molecule has 104 valence electrons. The van der Waals surface area contributed by atoms with Gasteiger partial charge in [-0.05, 0) is 26.2 Å². The van der Waals surface area contributed by atoms with Crippen molar-refractivity contribution in [3.05, 3.63) is 0 Å². The monoisotopic (exact) mass is 267 g/mol. The smallest absolute Gasteiger partial charge is 0.281 e. The molecule has 0 amide bonds. The Balaban J connectivity index is 3.98. The molecular weight excluding hydrogens is 241 g/mol. The summed E-state index contributed by atoms with van der Waals surface area (Å²) in [4.78, 5) is 3.94. The minimum absolute atomic E-state index is 0.235. The van der Waals surface area contributed by atoms with Crippen molar-refractivity contribution in [3.8, 4) is 0 Å². The van der Waals surface area contributed by atoms with E-state index in [1.807, 2.05) is 37.5 Å². The van der Waals surface area contributed by atoms with Crippen LogP contribution in [0.25, 0.3) is 0 Å². The molecule has 6 nitrogen and oxygen atoms in total. The lowest BCUT2D eigenvalue weighted by atomic mass is 10.6. The van der Waals surface area contributed by atoms with Gasteiger partial charge in [-0.1, -0.05) is 27.7 Å². The topological polar surface area (TPSA) is 68.0 Å². The van der Waals surface area contributed by atoms with Gasteiger partial charge < -0.3 is 0 Å². The Morgan fingerprint density at radius 2 is 1.18 bits per heavy atom. The van der Waals surface area contributed by atoms with Crippen molar-refractivity contribution in [2.24, 2.45) is 5.50 Å². The summed E-state index contributed by atoms with van der Waals surface area (Å²) in [6, 6.07) is 0. The second-order valence-corrected chi connectivity index (χ2v) is 5.26. The molecule has 17 heavy (non-hydrogen) atoms.